The van der Waals surface area contributed by atoms with Crippen molar-refractivity contribution in [1.29, 1.82) is 0 Å². The maximum Gasteiger partial charge on any atom is 0.339 e. The molecule has 6 heteroatoms. The van der Waals surface area contributed by atoms with Crippen molar-refractivity contribution in [3.05, 3.63) is 22.2 Å². The zero-order valence-electron chi connectivity index (χ0n) is 11.3. The monoisotopic (exact) mass is 288 g/mol. The summed E-state index contributed by atoms with van der Waals surface area (Å²) in [6, 6.07) is 1.63. The first-order valence-corrected chi connectivity index (χ1v) is 6.08. The number of hydrogen-bond acceptors (Lipinski definition) is 5. The minimum atomic E-state index is -1.45. The van der Waals surface area contributed by atoms with E-state index >= 15 is 0 Å². The molecule has 106 valence electrons. The molecular weight excluding hydrogens is 272 g/mol. The third-order valence-electron chi connectivity index (χ3n) is 2.79. The number of methoxy groups -OCH3 is 3. The van der Waals surface area contributed by atoms with Crippen LogP contribution in [0.4, 0.5) is 0 Å². The average molecular weight is 289 g/mol. The van der Waals surface area contributed by atoms with Gasteiger partial charge in [0.05, 0.1) is 21.3 Å². The van der Waals surface area contributed by atoms with E-state index in [1.165, 1.54) is 21.3 Å². The number of aliphatic hydroxyl groups is 1. The second-order valence-electron chi connectivity index (χ2n) is 3.78. The summed E-state index contributed by atoms with van der Waals surface area (Å²) in [5.74, 6) is -0.1000. The predicted octanol–water partition coefficient (Wildman–Crippen LogP) is 2.13. The Morgan fingerprint density at radius 2 is 1.89 bits per heavy atom. The number of carbonyl (C=O) groups is 1. The summed E-state index contributed by atoms with van der Waals surface area (Å²) in [6.07, 6.45) is -0.818. The molecule has 0 fully saturated rings. The van der Waals surface area contributed by atoms with Crippen LogP contribution < -0.4 is 9.47 Å². The lowest BCUT2D eigenvalue weighted by Crippen LogP contribution is -2.15. The number of rotatable bonds is 5. The zero-order valence-corrected chi connectivity index (χ0v) is 12.1. The second kappa shape index (κ2) is 6.63. The van der Waals surface area contributed by atoms with Gasteiger partial charge in [-0.2, -0.15) is 0 Å². The number of benzene rings is 1. The Hall–Kier alpha value is -1.46. The van der Waals surface area contributed by atoms with Crippen LogP contribution in [0.2, 0.25) is 5.02 Å². The molecule has 1 aromatic rings. The molecule has 1 unspecified atom stereocenters. The van der Waals surface area contributed by atoms with Crippen LogP contribution in [0.25, 0.3) is 0 Å². The van der Waals surface area contributed by atoms with Crippen molar-refractivity contribution in [1.82, 2.24) is 0 Å². The van der Waals surface area contributed by atoms with Gasteiger partial charge in [0.15, 0.2) is 6.10 Å². The molecule has 0 spiro atoms. The van der Waals surface area contributed by atoms with Gasteiger partial charge in [0.25, 0.3) is 0 Å². The number of halogens is 1. The first-order valence-electron chi connectivity index (χ1n) is 5.70. The molecule has 0 amide bonds. The molecular formula is C13H17ClO5. The number of carbonyl (C=O) groups excluding carboxylic acids is 1. The molecule has 0 aliphatic carbocycles. The standard InChI is InChI=1S/C13H17ClO5/c1-5-7-6-8(10(15)13(16)19-4)12(18-3)9(14)11(7)17-2/h6,10,15H,5H2,1-4H3. The zero-order chi connectivity index (χ0) is 14.6. The molecule has 0 heterocycles. The van der Waals surface area contributed by atoms with E-state index in [1.54, 1.807) is 6.07 Å². The molecule has 0 aliphatic heterocycles. The second-order valence-corrected chi connectivity index (χ2v) is 4.16. The summed E-state index contributed by atoms with van der Waals surface area (Å²) in [4.78, 5) is 11.4. The number of aryl methyl sites for hydroxylation is 1. The number of ether oxygens (including phenoxy) is 3. The number of esters is 1. The van der Waals surface area contributed by atoms with Crippen LogP contribution >= 0.6 is 11.6 Å². The van der Waals surface area contributed by atoms with Crippen LogP contribution in [0.3, 0.4) is 0 Å². The molecule has 0 bridgehead atoms. The Bertz CT molecular complexity index is 473. The van der Waals surface area contributed by atoms with Gasteiger partial charge in [-0.25, -0.2) is 4.79 Å². The van der Waals surface area contributed by atoms with Crippen molar-refractivity contribution < 1.29 is 24.1 Å². The van der Waals surface area contributed by atoms with Gasteiger partial charge in [0, 0.05) is 5.56 Å². The Labute approximate surface area is 117 Å². The van der Waals surface area contributed by atoms with E-state index in [-0.39, 0.29) is 16.3 Å². The van der Waals surface area contributed by atoms with Crippen LogP contribution in [0.15, 0.2) is 6.07 Å². The molecule has 19 heavy (non-hydrogen) atoms. The van der Waals surface area contributed by atoms with Crippen molar-refractivity contribution in [2.24, 2.45) is 0 Å². The van der Waals surface area contributed by atoms with Crippen molar-refractivity contribution in [3.63, 3.8) is 0 Å². The van der Waals surface area contributed by atoms with E-state index < -0.39 is 12.1 Å². The molecule has 0 aromatic heterocycles. The van der Waals surface area contributed by atoms with Gasteiger partial charge < -0.3 is 19.3 Å². The predicted molar refractivity (Wildman–Crippen MR) is 70.9 cm³/mol. The first-order chi connectivity index (χ1) is 9.01. The molecule has 0 radical (unpaired) electrons. The fourth-order valence-electron chi connectivity index (χ4n) is 1.82. The van der Waals surface area contributed by atoms with Gasteiger partial charge in [-0.1, -0.05) is 18.5 Å². The van der Waals surface area contributed by atoms with Crippen LogP contribution in [0.1, 0.15) is 24.2 Å². The lowest BCUT2D eigenvalue weighted by atomic mass is 10.0. The van der Waals surface area contributed by atoms with Gasteiger partial charge in [0.1, 0.15) is 16.5 Å². The Morgan fingerprint density at radius 1 is 1.32 bits per heavy atom. The summed E-state index contributed by atoms with van der Waals surface area (Å²) < 4.78 is 14.9. The molecule has 0 aliphatic rings. The largest absolute Gasteiger partial charge is 0.495 e. The molecule has 1 atom stereocenters. The van der Waals surface area contributed by atoms with Gasteiger partial charge in [-0.15, -0.1) is 0 Å². The van der Waals surface area contributed by atoms with Gasteiger partial charge in [0.2, 0.25) is 0 Å². The van der Waals surface area contributed by atoms with Gasteiger partial charge in [-0.3, -0.25) is 0 Å². The third kappa shape index (κ3) is 2.93. The normalized spacial score (nSPS) is 11.9. The highest BCUT2D eigenvalue weighted by atomic mass is 35.5. The highest BCUT2D eigenvalue weighted by Crippen LogP contribution is 2.42. The van der Waals surface area contributed by atoms with E-state index in [0.717, 1.165) is 5.56 Å². The summed E-state index contributed by atoms with van der Waals surface area (Å²) >= 11 is 6.18. The smallest absolute Gasteiger partial charge is 0.339 e. The third-order valence-corrected chi connectivity index (χ3v) is 3.13. The molecule has 1 aromatic carbocycles. The topological polar surface area (TPSA) is 65.0 Å². The molecule has 0 saturated carbocycles. The lowest BCUT2D eigenvalue weighted by Gasteiger charge is -2.18. The highest BCUT2D eigenvalue weighted by molar-refractivity contribution is 6.33. The van der Waals surface area contributed by atoms with E-state index in [1.807, 2.05) is 6.92 Å². The Kier molecular flexibility index (Phi) is 5.44. The fraction of sp³-hybridized carbons (Fsp3) is 0.462. The maximum atomic E-state index is 11.4. The SMILES string of the molecule is CCc1cc(C(O)C(=O)OC)c(OC)c(Cl)c1OC. The Morgan fingerprint density at radius 3 is 2.32 bits per heavy atom. The van der Waals surface area contributed by atoms with E-state index in [0.29, 0.717) is 12.2 Å². The molecule has 0 saturated heterocycles. The number of aliphatic hydroxyl groups excluding tert-OH is 1. The molecule has 5 nitrogen and oxygen atoms in total. The lowest BCUT2D eigenvalue weighted by molar-refractivity contribution is -0.150. The molecule has 1 N–H and O–H groups in total. The quantitative estimate of drug-likeness (QED) is 0.841. The summed E-state index contributed by atoms with van der Waals surface area (Å²) in [5.41, 5.74) is 1.03. The summed E-state index contributed by atoms with van der Waals surface area (Å²) in [7, 11) is 4.10. The van der Waals surface area contributed by atoms with E-state index in [9.17, 15) is 9.90 Å². The van der Waals surface area contributed by atoms with Crippen molar-refractivity contribution in [3.8, 4) is 11.5 Å². The average Bonchev–Trinajstić information content (AvgIpc) is 2.44. The van der Waals surface area contributed by atoms with Crippen molar-refractivity contribution >= 4 is 17.6 Å². The minimum Gasteiger partial charge on any atom is -0.495 e. The van der Waals surface area contributed by atoms with Crippen molar-refractivity contribution in [2.75, 3.05) is 21.3 Å². The Balaban J connectivity index is 3.46. The van der Waals surface area contributed by atoms with Crippen LogP contribution in [0, 0.1) is 0 Å². The number of hydrogen-bond donors (Lipinski definition) is 1. The maximum absolute atomic E-state index is 11.4. The first kappa shape index (κ1) is 15.6. The van der Waals surface area contributed by atoms with Gasteiger partial charge in [-0.05, 0) is 18.1 Å². The van der Waals surface area contributed by atoms with Gasteiger partial charge >= 0.3 is 5.97 Å². The molecule has 1 rings (SSSR count). The van der Waals surface area contributed by atoms with Crippen LogP contribution in [-0.4, -0.2) is 32.4 Å². The summed E-state index contributed by atoms with van der Waals surface area (Å²) in [6.45, 7) is 1.91. The minimum absolute atomic E-state index is 0.202. The van der Waals surface area contributed by atoms with Crippen molar-refractivity contribution in [2.45, 2.75) is 19.4 Å². The van der Waals surface area contributed by atoms with E-state index in [4.69, 9.17) is 21.1 Å². The summed E-state index contributed by atoms with van der Waals surface area (Å²) in [5, 5.41) is 10.2. The van der Waals surface area contributed by atoms with Crippen LogP contribution in [0.5, 0.6) is 11.5 Å². The van der Waals surface area contributed by atoms with Crippen LogP contribution in [-0.2, 0) is 16.0 Å². The van der Waals surface area contributed by atoms with E-state index in [2.05, 4.69) is 4.74 Å². The highest BCUT2D eigenvalue weighted by Gasteiger charge is 2.27. The fourth-order valence-corrected chi connectivity index (χ4v) is 2.21.